The molecule has 1 rings (SSSR count). The van der Waals surface area contributed by atoms with Gasteiger partial charge in [-0.15, -0.1) is 0 Å². The van der Waals surface area contributed by atoms with Crippen molar-refractivity contribution in [3.8, 4) is 0 Å². The highest BCUT2D eigenvalue weighted by molar-refractivity contribution is 5.75. The van der Waals surface area contributed by atoms with Crippen molar-refractivity contribution in [3.63, 3.8) is 0 Å². The van der Waals surface area contributed by atoms with Gasteiger partial charge in [0.25, 0.3) is 5.56 Å². The molecule has 5 nitrogen and oxygen atoms in total. The van der Waals surface area contributed by atoms with Crippen molar-refractivity contribution >= 4 is 5.78 Å². The minimum atomic E-state index is -0.558. The van der Waals surface area contributed by atoms with Gasteiger partial charge in [0.1, 0.15) is 5.78 Å². The Morgan fingerprint density at radius 3 is 2.75 bits per heavy atom. The van der Waals surface area contributed by atoms with Crippen LogP contribution in [0.1, 0.15) is 6.92 Å². The van der Waals surface area contributed by atoms with Gasteiger partial charge in [0.15, 0.2) is 0 Å². The average Bonchev–Trinajstić information content (AvgIpc) is 1.94. The van der Waals surface area contributed by atoms with Gasteiger partial charge in [-0.25, -0.2) is 4.79 Å². The van der Waals surface area contributed by atoms with E-state index >= 15 is 0 Å². The van der Waals surface area contributed by atoms with Gasteiger partial charge >= 0.3 is 5.69 Å². The molecule has 0 aliphatic rings. The Morgan fingerprint density at radius 2 is 2.25 bits per heavy atom. The SMILES string of the molecule is CC(=O)Cn1ccc(=O)[nH]c1=O. The third-order valence-electron chi connectivity index (χ3n) is 1.29. The van der Waals surface area contributed by atoms with Crippen molar-refractivity contribution in [1.82, 2.24) is 9.55 Å². The van der Waals surface area contributed by atoms with Crippen LogP contribution in [0.25, 0.3) is 0 Å². The maximum Gasteiger partial charge on any atom is 0.328 e. The first-order chi connectivity index (χ1) is 5.59. The number of nitrogens with zero attached hydrogens (tertiary/aromatic N) is 1. The first-order valence-corrected chi connectivity index (χ1v) is 3.39. The van der Waals surface area contributed by atoms with Crippen LogP contribution in [0, 0.1) is 0 Å². The zero-order valence-electron chi connectivity index (χ0n) is 6.53. The Labute approximate surface area is 67.7 Å². The molecule has 1 N–H and O–H groups in total. The molecule has 0 bridgehead atoms. The van der Waals surface area contributed by atoms with Gasteiger partial charge < -0.3 is 0 Å². The average molecular weight is 168 g/mol. The first-order valence-electron chi connectivity index (χ1n) is 3.39. The van der Waals surface area contributed by atoms with Crippen molar-refractivity contribution < 1.29 is 4.79 Å². The highest BCUT2D eigenvalue weighted by Crippen LogP contribution is 1.77. The highest BCUT2D eigenvalue weighted by atomic mass is 16.2. The zero-order chi connectivity index (χ0) is 9.14. The maximum atomic E-state index is 10.9. The number of aromatic nitrogens is 2. The third-order valence-corrected chi connectivity index (χ3v) is 1.29. The fraction of sp³-hybridized carbons (Fsp3) is 0.286. The molecular weight excluding hydrogens is 160 g/mol. The van der Waals surface area contributed by atoms with E-state index in [9.17, 15) is 14.4 Å². The van der Waals surface area contributed by atoms with Crippen molar-refractivity contribution in [2.24, 2.45) is 0 Å². The number of H-pyrrole nitrogens is 1. The summed E-state index contributed by atoms with van der Waals surface area (Å²) in [6, 6.07) is 1.20. The molecule has 12 heavy (non-hydrogen) atoms. The van der Waals surface area contributed by atoms with Crippen molar-refractivity contribution in [2.45, 2.75) is 13.5 Å². The lowest BCUT2D eigenvalue weighted by atomic mass is 10.4. The molecule has 64 valence electrons. The molecule has 0 radical (unpaired) electrons. The molecule has 0 unspecified atom stereocenters. The highest BCUT2D eigenvalue weighted by Gasteiger charge is 1.98. The van der Waals surface area contributed by atoms with E-state index in [-0.39, 0.29) is 12.3 Å². The monoisotopic (exact) mass is 168 g/mol. The topological polar surface area (TPSA) is 71.9 Å². The summed E-state index contributed by atoms with van der Waals surface area (Å²) in [5, 5.41) is 0. The Hall–Kier alpha value is -1.65. The molecule has 0 aliphatic carbocycles. The molecule has 0 saturated heterocycles. The molecule has 1 aromatic rings. The van der Waals surface area contributed by atoms with Gasteiger partial charge in [-0.3, -0.25) is 19.1 Å². The summed E-state index contributed by atoms with van der Waals surface area (Å²) in [6.07, 6.45) is 1.29. The number of hydrogen-bond donors (Lipinski definition) is 1. The van der Waals surface area contributed by atoms with Crippen LogP contribution in [0.2, 0.25) is 0 Å². The van der Waals surface area contributed by atoms with Gasteiger partial charge in [-0.05, 0) is 6.92 Å². The van der Waals surface area contributed by atoms with Crippen molar-refractivity contribution in [3.05, 3.63) is 33.1 Å². The van der Waals surface area contributed by atoms with Gasteiger partial charge in [0.2, 0.25) is 0 Å². The lowest BCUT2D eigenvalue weighted by molar-refractivity contribution is -0.117. The minimum absolute atomic E-state index is 0.00435. The normalized spacial score (nSPS) is 9.75. The van der Waals surface area contributed by atoms with E-state index < -0.39 is 11.2 Å². The van der Waals surface area contributed by atoms with Gasteiger partial charge in [0, 0.05) is 12.3 Å². The molecule has 0 saturated carbocycles. The van der Waals surface area contributed by atoms with Crippen LogP contribution in [0.4, 0.5) is 0 Å². The molecule has 0 fully saturated rings. The van der Waals surface area contributed by atoms with E-state index in [4.69, 9.17) is 0 Å². The summed E-state index contributed by atoms with van der Waals surface area (Å²) in [5.41, 5.74) is -1.02. The first kappa shape index (κ1) is 8.45. The molecule has 0 amide bonds. The number of hydrogen-bond acceptors (Lipinski definition) is 3. The smallest absolute Gasteiger partial charge is 0.298 e. The molecule has 1 heterocycles. The van der Waals surface area contributed by atoms with E-state index in [1.54, 1.807) is 0 Å². The quantitative estimate of drug-likeness (QED) is 0.623. The number of Topliss-reactive ketones (excluding diaryl/α,β-unsaturated/α-hetero) is 1. The lowest BCUT2D eigenvalue weighted by Gasteiger charge is -1.98. The zero-order valence-corrected chi connectivity index (χ0v) is 6.53. The number of carbonyl (C=O) groups is 1. The summed E-state index contributed by atoms with van der Waals surface area (Å²) < 4.78 is 1.14. The summed E-state index contributed by atoms with van der Waals surface area (Å²) >= 11 is 0. The van der Waals surface area contributed by atoms with Crippen LogP contribution in [0.3, 0.4) is 0 Å². The molecule has 0 aromatic carbocycles. The number of carbonyl (C=O) groups excluding carboxylic acids is 1. The van der Waals surface area contributed by atoms with Gasteiger partial charge in [-0.1, -0.05) is 0 Å². The summed E-state index contributed by atoms with van der Waals surface area (Å²) in [4.78, 5) is 34.1. The van der Waals surface area contributed by atoms with E-state index in [0.717, 1.165) is 4.57 Å². The molecule has 0 aliphatic heterocycles. The Balaban J connectivity index is 3.10. The standard InChI is InChI=1S/C7H8N2O3/c1-5(10)4-9-3-2-6(11)8-7(9)12/h2-3H,4H2,1H3,(H,8,11,12). The summed E-state index contributed by atoms with van der Waals surface area (Å²) in [5.74, 6) is -0.135. The van der Waals surface area contributed by atoms with E-state index in [1.807, 2.05) is 4.98 Å². The molecular formula is C7H8N2O3. The lowest BCUT2D eigenvalue weighted by Crippen LogP contribution is -2.30. The minimum Gasteiger partial charge on any atom is -0.298 e. The Bertz CT molecular complexity index is 402. The number of rotatable bonds is 2. The molecule has 0 spiro atoms. The molecule has 5 heteroatoms. The van der Waals surface area contributed by atoms with E-state index in [1.165, 1.54) is 19.2 Å². The largest absolute Gasteiger partial charge is 0.328 e. The maximum absolute atomic E-state index is 10.9. The Kier molecular flexibility index (Phi) is 2.23. The molecule has 0 atom stereocenters. The second-order valence-electron chi connectivity index (χ2n) is 2.44. The summed E-state index contributed by atoms with van der Waals surface area (Å²) in [6.45, 7) is 1.37. The number of aromatic amines is 1. The van der Waals surface area contributed by atoms with Crippen LogP contribution in [0.15, 0.2) is 21.9 Å². The van der Waals surface area contributed by atoms with Crippen molar-refractivity contribution in [2.75, 3.05) is 0 Å². The van der Waals surface area contributed by atoms with Crippen molar-refractivity contribution in [1.29, 1.82) is 0 Å². The second kappa shape index (κ2) is 3.17. The fourth-order valence-corrected chi connectivity index (χ4v) is 0.809. The number of nitrogens with one attached hydrogen (secondary N) is 1. The summed E-state index contributed by atoms with van der Waals surface area (Å²) in [7, 11) is 0. The van der Waals surface area contributed by atoms with Crippen LogP contribution < -0.4 is 11.2 Å². The predicted octanol–water partition coefficient (Wildman–Crippen LogP) is -0.874. The van der Waals surface area contributed by atoms with Crippen LogP contribution in [0.5, 0.6) is 0 Å². The third kappa shape index (κ3) is 1.91. The van der Waals surface area contributed by atoms with Crippen LogP contribution >= 0.6 is 0 Å². The van der Waals surface area contributed by atoms with Gasteiger partial charge in [-0.2, -0.15) is 0 Å². The Morgan fingerprint density at radius 1 is 1.58 bits per heavy atom. The predicted molar refractivity (Wildman–Crippen MR) is 42.0 cm³/mol. The number of ketones is 1. The van der Waals surface area contributed by atoms with E-state index in [2.05, 4.69) is 0 Å². The van der Waals surface area contributed by atoms with Gasteiger partial charge in [0.05, 0.1) is 6.54 Å². The second-order valence-corrected chi connectivity index (χ2v) is 2.44. The molecule has 1 aromatic heterocycles. The fourth-order valence-electron chi connectivity index (χ4n) is 0.809. The van der Waals surface area contributed by atoms with Crippen LogP contribution in [-0.2, 0) is 11.3 Å². The van der Waals surface area contributed by atoms with Crippen LogP contribution in [-0.4, -0.2) is 15.3 Å². The van der Waals surface area contributed by atoms with E-state index in [0.29, 0.717) is 0 Å².